The first kappa shape index (κ1) is 18.1. The molecule has 0 unspecified atom stereocenters. The van der Waals surface area contributed by atoms with E-state index in [1.807, 2.05) is 13.8 Å². The van der Waals surface area contributed by atoms with Gasteiger partial charge in [0.25, 0.3) is 0 Å². The lowest BCUT2D eigenvalue weighted by molar-refractivity contribution is 0.0601. The van der Waals surface area contributed by atoms with Crippen LogP contribution in [0.2, 0.25) is 0 Å². The van der Waals surface area contributed by atoms with E-state index in [-0.39, 0.29) is 6.54 Å². The third kappa shape index (κ3) is 3.84. The Morgan fingerprint density at radius 1 is 1.24 bits per heavy atom. The average Bonchev–Trinajstić information content (AvgIpc) is 2.71. The minimum Gasteiger partial charge on any atom is -0.389 e. The molecule has 1 rings (SSSR count). The average molecular weight is 317 g/mol. The molecule has 0 saturated carbocycles. The minimum atomic E-state index is -3.66. The molecule has 0 aliphatic rings. The SMILES string of the molecule is CCc1nn(C)c(CC)c1S(=O)(=O)N(CC)CC(C)(C)O. The highest BCUT2D eigenvalue weighted by Crippen LogP contribution is 2.26. The minimum absolute atomic E-state index is 0.0625. The molecule has 0 radical (unpaired) electrons. The summed E-state index contributed by atoms with van der Waals surface area (Å²) >= 11 is 0. The Morgan fingerprint density at radius 3 is 2.19 bits per heavy atom. The van der Waals surface area contributed by atoms with Crippen molar-refractivity contribution in [3.8, 4) is 0 Å². The first-order valence-electron chi connectivity index (χ1n) is 7.35. The molecule has 0 bridgehead atoms. The van der Waals surface area contributed by atoms with Gasteiger partial charge in [-0.3, -0.25) is 4.68 Å². The van der Waals surface area contributed by atoms with Crippen LogP contribution >= 0.6 is 0 Å². The van der Waals surface area contributed by atoms with Crippen LogP contribution in [0.4, 0.5) is 0 Å². The van der Waals surface area contributed by atoms with E-state index < -0.39 is 15.6 Å². The van der Waals surface area contributed by atoms with Gasteiger partial charge in [-0.25, -0.2) is 8.42 Å². The quantitative estimate of drug-likeness (QED) is 0.823. The molecule has 21 heavy (non-hydrogen) atoms. The van der Waals surface area contributed by atoms with Crippen LogP contribution in [0.25, 0.3) is 0 Å². The molecule has 1 aromatic heterocycles. The smallest absolute Gasteiger partial charge is 0.246 e. The Balaban J connectivity index is 3.42. The van der Waals surface area contributed by atoms with Crippen LogP contribution in [-0.4, -0.2) is 46.3 Å². The van der Waals surface area contributed by atoms with Crippen LogP contribution in [0, 0.1) is 0 Å². The maximum absolute atomic E-state index is 13.0. The molecular weight excluding hydrogens is 290 g/mol. The summed E-state index contributed by atoms with van der Waals surface area (Å²) in [5.41, 5.74) is 0.217. The molecule has 0 atom stereocenters. The number of aryl methyl sites for hydroxylation is 2. The van der Waals surface area contributed by atoms with Crippen molar-refractivity contribution in [3.63, 3.8) is 0 Å². The summed E-state index contributed by atoms with van der Waals surface area (Å²) in [5.74, 6) is 0. The maximum atomic E-state index is 13.0. The first-order valence-corrected chi connectivity index (χ1v) is 8.79. The van der Waals surface area contributed by atoms with Crippen LogP contribution in [0.5, 0.6) is 0 Å². The zero-order chi connectivity index (χ0) is 16.4. The fraction of sp³-hybridized carbons (Fsp3) is 0.786. The number of likely N-dealkylation sites (N-methyl/N-ethyl adjacent to an activating group) is 1. The molecule has 0 aliphatic carbocycles. The van der Waals surface area contributed by atoms with Gasteiger partial charge >= 0.3 is 0 Å². The Labute approximate surface area is 127 Å². The van der Waals surface area contributed by atoms with Gasteiger partial charge in [0.15, 0.2) is 0 Å². The second-order valence-electron chi connectivity index (χ2n) is 5.80. The van der Waals surface area contributed by atoms with Crippen LogP contribution in [0.3, 0.4) is 0 Å². The summed E-state index contributed by atoms with van der Waals surface area (Å²) in [6, 6.07) is 0. The number of hydrogen-bond acceptors (Lipinski definition) is 4. The number of hydrogen-bond donors (Lipinski definition) is 1. The third-order valence-electron chi connectivity index (χ3n) is 3.37. The topological polar surface area (TPSA) is 75.4 Å². The Morgan fingerprint density at radius 2 is 1.81 bits per heavy atom. The second-order valence-corrected chi connectivity index (χ2v) is 7.67. The number of nitrogens with zero attached hydrogens (tertiary/aromatic N) is 3. The summed E-state index contributed by atoms with van der Waals surface area (Å²) in [4.78, 5) is 0.307. The van der Waals surface area contributed by atoms with Crippen molar-refractivity contribution >= 4 is 10.0 Å². The van der Waals surface area contributed by atoms with Crippen molar-refractivity contribution in [2.45, 2.75) is 58.0 Å². The summed E-state index contributed by atoms with van der Waals surface area (Å²) in [6.07, 6.45) is 1.15. The van der Waals surface area contributed by atoms with Crippen LogP contribution in [-0.2, 0) is 29.9 Å². The third-order valence-corrected chi connectivity index (χ3v) is 5.42. The Kier molecular flexibility index (Phi) is 5.57. The summed E-state index contributed by atoms with van der Waals surface area (Å²) in [5, 5.41) is 14.3. The predicted octanol–water partition coefficient (Wildman–Crippen LogP) is 1.33. The molecule has 6 nitrogen and oxygen atoms in total. The lowest BCUT2D eigenvalue weighted by Crippen LogP contribution is -2.42. The second kappa shape index (κ2) is 6.46. The molecule has 0 spiro atoms. The van der Waals surface area contributed by atoms with E-state index in [9.17, 15) is 13.5 Å². The van der Waals surface area contributed by atoms with Gasteiger partial charge < -0.3 is 5.11 Å². The van der Waals surface area contributed by atoms with Gasteiger partial charge in [-0.05, 0) is 26.7 Å². The number of sulfonamides is 1. The van der Waals surface area contributed by atoms with E-state index in [1.165, 1.54) is 4.31 Å². The van der Waals surface area contributed by atoms with Crippen molar-refractivity contribution in [3.05, 3.63) is 11.4 Å². The van der Waals surface area contributed by atoms with E-state index in [0.29, 0.717) is 35.7 Å². The van der Waals surface area contributed by atoms with Crippen molar-refractivity contribution in [2.75, 3.05) is 13.1 Å². The van der Waals surface area contributed by atoms with Gasteiger partial charge in [0.2, 0.25) is 10.0 Å². The highest BCUT2D eigenvalue weighted by Gasteiger charge is 2.33. The van der Waals surface area contributed by atoms with E-state index >= 15 is 0 Å². The number of rotatable bonds is 7. The van der Waals surface area contributed by atoms with Gasteiger partial charge in [0.1, 0.15) is 4.90 Å². The first-order chi connectivity index (χ1) is 9.58. The fourth-order valence-corrected chi connectivity index (χ4v) is 4.59. The molecule has 1 heterocycles. The summed E-state index contributed by atoms with van der Waals surface area (Å²) in [6.45, 7) is 9.18. The monoisotopic (exact) mass is 317 g/mol. The standard InChI is InChI=1S/C14H27N3O3S/c1-7-11-13(12(8-2)16(6)15-11)21(19,20)17(9-3)10-14(4,5)18/h18H,7-10H2,1-6H3. The molecule has 1 aromatic rings. The van der Waals surface area contributed by atoms with Gasteiger partial charge in [-0.15, -0.1) is 0 Å². The van der Waals surface area contributed by atoms with E-state index in [4.69, 9.17) is 0 Å². The molecule has 1 N–H and O–H groups in total. The fourth-order valence-electron chi connectivity index (χ4n) is 2.45. The maximum Gasteiger partial charge on any atom is 0.246 e. The lowest BCUT2D eigenvalue weighted by Gasteiger charge is -2.27. The van der Waals surface area contributed by atoms with Gasteiger partial charge in [-0.1, -0.05) is 20.8 Å². The molecule has 0 fully saturated rings. The van der Waals surface area contributed by atoms with Crippen molar-refractivity contribution in [1.82, 2.24) is 14.1 Å². The highest BCUT2D eigenvalue weighted by molar-refractivity contribution is 7.89. The largest absolute Gasteiger partial charge is 0.389 e. The number of aliphatic hydroxyl groups is 1. The molecular formula is C14H27N3O3S. The molecule has 0 aliphatic heterocycles. The highest BCUT2D eigenvalue weighted by atomic mass is 32.2. The molecule has 122 valence electrons. The van der Waals surface area contributed by atoms with Gasteiger partial charge in [0.05, 0.1) is 17.0 Å². The van der Waals surface area contributed by atoms with E-state index in [2.05, 4.69) is 5.10 Å². The predicted molar refractivity (Wildman–Crippen MR) is 82.7 cm³/mol. The zero-order valence-corrected chi connectivity index (χ0v) is 14.7. The normalized spacial score (nSPS) is 13.1. The zero-order valence-electron chi connectivity index (χ0n) is 13.8. The van der Waals surface area contributed by atoms with Crippen molar-refractivity contribution in [1.29, 1.82) is 0 Å². The van der Waals surface area contributed by atoms with Gasteiger partial charge in [-0.2, -0.15) is 9.40 Å². The van der Waals surface area contributed by atoms with E-state index in [1.54, 1.807) is 32.5 Å². The molecule has 0 amide bonds. The van der Waals surface area contributed by atoms with Gasteiger partial charge in [0, 0.05) is 20.1 Å². The Hall–Kier alpha value is -0.920. The lowest BCUT2D eigenvalue weighted by atomic mass is 10.1. The summed E-state index contributed by atoms with van der Waals surface area (Å²) in [7, 11) is -1.89. The van der Waals surface area contributed by atoms with Crippen molar-refractivity contribution < 1.29 is 13.5 Å². The van der Waals surface area contributed by atoms with Crippen LogP contribution in [0.15, 0.2) is 4.90 Å². The molecule has 0 saturated heterocycles. The van der Waals surface area contributed by atoms with Crippen molar-refractivity contribution in [2.24, 2.45) is 7.05 Å². The Bertz CT molecular complexity index is 585. The van der Waals surface area contributed by atoms with Crippen LogP contribution in [0.1, 0.15) is 46.0 Å². The van der Waals surface area contributed by atoms with Crippen LogP contribution < -0.4 is 0 Å². The van der Waals surface area contributed by atoms with E-state index in [0.717, 1.165) is 0 Å². The molecule has 7 heteroatoms. The summed E-state index contributed by atoms with van der Waals surface area (Å²) < 4.78 is 28.9. The number of aromatic nitrogens is 2. The molecule has 0 aromatic carbocycles.